The third-order valence-electron chi connectivity index (χ3n) is 2.24. The highest BCUT2D eigenvalue weighted by atomic mass is 32.2. The van der Waals surface area contributed by atoms with E-state index in [4.69, 9.17) is 0 Å². The Morgan fingerprint density at radius 3 is 2.59 bits per heavy atom. The van der Waals surface area contributed by atoms with Gasteiger partial charge in [0.25, 0.3) is 0 Å². The fourth-order valence-corrected chi connectivity index (χ4v) is 3.87. The summed E-state index contributed by atoms with van der Waals surface area (Å²) in [7, 11) is 0. The van der Waals surface area contributed by atoms with Crippen LogP contribution < -0.4 is 0 Å². The first-order valence-electron chi connectivity index (χ1n) is 5.42. The molecule has 0 fully saturated rings. The number of benzene rings is 1. The lowest BCUT2D eigenvalue weighted by molar-refractivity contribution is 0.924. The van der Waals surface area contributed by atoms with E-state index in [0.29, 0.717) is 0 Å². The normalized spacial score (nSPS) is 10.6. The van der Waals surface area contributed by atoms with E-state index >= 15 is 0 Å². The van der Waals surface area contributed by atoms with Crippen LogP contribution >= 0.6 is 34.9 Å². The van der Waals surface area contributed by atoms with Crippen LogP contribution in [0.3, 0.4) is 0 Å². The summed E-state index contributed by atoms with van der Waals surface area (Å²) in [4.78, 5) is 0. The van der Waals surface area contributed by atoms with Crippen molar-refractivity contribution in [3.05, 3.63) is 35.9 Å². The maximum Gasteiger partial charge on any atom is 0.175 e. The highest BCUT2D eigenvalue weighted by molar-refractivity contribution is 8.02. The Bertz CT molecular complexity index is 442. The number of nitrogens with zero attached hydrogens (tertiary/aromatic N) is 2. The van der Waals surface area contributed by atoms with Crippen molar-refractivity contribution >= 4 is 34.9 Å². The fourth-order valence-electron chi connectivity index (χ4n) is 1.42. The molecule has 2 rings (SSSR count). The fraction of sp³-hybridized carbons (Fsp3) is 0.333. The summed E-state index contributed by atoms with van der Waals surface area (Å²) in [6.45, 7) is 0. The average molecular weight is 282 g/mol. The molecule has 0 radical (unpaired) electrons. The first-order valence-corrected chi connectivity index (χ1v) is 8.45. The number of thioether (sulfide) groups is 2. The predicted octanol–water partition coefficient (Wildman–Crippen LogP) is 3.98. The van der Waals surface area contributed by atoms with Crippen molar-refractivity contribution in [2.45, 2.75) is 21.5 Å². The van der Waals surface area contributed by atoms with Crippen molar-refractivity contribution in [3.8, 4) is 0 Å². The Balaban J connectivity index is 1.69. The van der Waals surface area contributed by atoms with Gasteiger partial charge in [-0.25, -0.2) is 0 Å². The summed E-state index contributed by atoms with van der Waals surface area (Å²) < 4.78 is 2.14. The zero-order chi connectivity index (χ0) is 11.9. The van der Waals surface area contributed by atoms with Gasteiger partial charge in [0, 0.05) is 5.75 Å². The largest absolute Gasteiger partial charge is 0.175 e. The lowest BCUT2D eigenvalue weighted by Gasteiger charge is -1.99. The molecule has 0 aliphatic rings. The SMILES string of the molecule is CSc1nnc(SCCCc2ccccc2)s1. The lowest BCUT2D eigenvalue weighted by atomic mass is 10.1. The topological polar surface area (TPSA) is 25.8 Å². The van der Waals surface area contributed by atoms with Gasteiger partial charge < -0.3 is 0 Å². The van der Waals surface area contributed by atoms with E-state index < -0.39 is 0 Å². The average Bonchev–Trinajstić information content (AvgIpc) is 2.84. The summed E-state index contributed by atoms with van der Waals surface area (Å²) in [5.41, 5.74) is 1.41. The molecule has 5 heteroatoms. The summed E-state index contributed by atoms with van der Waals surface area (Å²) >= 11 is 5.15. The van der Waals surface area contributed by atoms with Gasteiger partial charge in [-0.2, -0.15) is 0 Å². The van der Waals surface area contributed by atoms with Crippen LogP contribution in [0.15, 0.2) is 39.0 Å². The second-order valence-electron chi connectivity index (χ2n) is 3.48. The van der Waals surface area contributed by atoms with Crippen LogP contribution in [0.25, 0.3) is 0 Å². The Kier molecular flexibility index (Phi) is 5.35. The van der Waals surface area contributed by atoms with E-state index in [0.717, 1.165) is 20.9 Å². The van der Waals surface area contributed by atoms with Crippen LogP contribution in [-0.2, 0) is 6.42 Å². The molecule has 0 N–H and O–H groups in total. The highest BCUT2D eigenvalue weighted by Gasteiger charge is 2.03. The molecule has 90 valence electrons. The number of aromatic nitrogens is 2. The number of hydrogen-bond donors (Lipinski definition) is 0. The second kappa shape index (κ2) is 7.03. The molecule has 0 aliphatic carbocycles. The van der Waals surface area contributed by atoms with Gasteiger partial charge in [0.2, 0.25) is 0 Å². The van der Waals surface area contributed by atoms with Gasteiger partial charge in [-0.05, 0) is 24.7 Å². The van der Waals surface area contributed by atoms with Crippen LogP contribution in [0.5, 0.6) is 0 Å². The van der Waals surface area contributed by atoms with Crippen molar-refractivity contribution in [1.29, 1.82) is 0 Å². The number of hydrogen-bond acceptors (Lipinski definition) is 5. The molecule has 0 unspecified atom stereocenters. The molecule has 17 heavy (non-hydrogen) atoms. The van der Waals surface area contributed by atoms with Crippen LogP contribution in [0.1, 0.15) is 12.0 Å². The summed E-state index contributed by atoms with van der Waals surface area (Å²) in [6.07, 6.45) is 4.36. The molecule has 0 bridgehead atoms. The first kappa shape index (κ1) is 12.9. The zero-order valence-corrected chi connectivity index (χ0v) is 12.1. The maximum absolute atomic E-state index is 4.14. The molecule has 2 aromatic rings. The molecular formula is C12H14N2S3. The smallest absolute Gasteiger partial charge is 0.131 e. The van der Waals surface area contributed by atoms with Gasteiger partial charge in [0.15, 0.2) is 8.68 Å². The molecule has 1 heterocycles. The van der Waals surface area contributed by atoms with Crippen molar-refractivity contribution in [1.82, 2.24) is 10.2 Å². The number of rotatable bonds is 6. The van der Waals surface area contributed by atoms with Gasteiger partial charge in [0.05, 0.1) is 0 Å². The van der Waals surface area contributed by atoms with E-state index in [-0.39, 0.29) is 0 Å². The minimum atomic E-state index is 1.05. The third kappa shape index (κ3) is 4.33. The van der Waals surface area contributed by atoms with Crippen LogP contribution in [0.2, 0.25) is 0 Å². The van der Waals surface area contributed by atoms with E-state index in [1.807, 2.05) is 18.0 Å². The molecule has 0 saturated heterocycles. The van der Waals surface area contributed by atoms with Crippen molar-refractivity contribution in [3.63, 3.8) is 0 Å². The highest BCUT2D eigenvalue weighted by Crippen LogP contribution is 2.27. The molecule has 0 saturated carbocycles. The monoisotopic (exact) mass is 282 g/mol. The van der Waals surface area contributed by atoms with Crippen molar-refractivity contribution in [2.75, 3.05) is 12.0 Å². The van der Waals surface area contributed by atoms with Crippen molar-refractivity contribution in [2.24, 2.45) is 0 Å². The molecular weight excluding hydrogens is 268 g/mol. The minimum Gasteiger partial charge on any atom is -0.131 e. The summed E-state index contributed by atoms with van der Waals surface area (Å²) in [5.74, 6) is 1.11. The first-order chi connectivity index (χ1) is 8.38. The van der Waals surface area contributed by atoms with E-state index in [9.17, 15) is 0 Å². The summed E-state index contributed by atoms with van der Waals surface area (Å²) in [6, 6.07) is 10.6. The lowest BCUT2D eigenvalue weighted by Crippen LogP contribution is -1.87. The maximum atomic E-state index is 4.14. The van der Waals surface area contributed by atoms with E-state index in [1.54, 1.807) is 23.1 Å². The van der Waals surface area contributed by atoms with E-state index in [1.165, 1.54) is 12.0 Å². The minimum absolute atomic E-state index is 1.05. The van der Waals surface area contributed by atoms with Crippen LogP contribution in [-0.4, -0.2) is 22.2 Å². The van der Waals surface area contributed by atoms with Gasteiger partial charge in [0.1, 0.15) is 0 Å². The predicted molar refractivity (Wildman–Crippen MR) is 77.2 cm³/mol. The number of aryl methyl sites for hydroxylation is 1. The molecule has 1 aromatic carbocycles. The molecule has 1 aromatic heterocycles. The van der Waals surface area contributed by atoms with Crippen LogP contribution in [0, 0.1) is 0 Å². The molecule has 0 atom stereocenters. The Hall–Kier alpha value is -0.520. The molecule has 0 spiro atoms. The standard InChI is InChI=1S/C12H14N2S3/c1-15-11-13-14-12(17-11)16-9-5-8-10-6-3-2-4-7-10/h2-4,6-7H,5,8-9H2,1H3. The molecule has 2 nitrogen and oxygen atoms in total. The second-order valence-corrected chi connectivity index (χ2v) is 6.85. The van der Waals surface area contributed by atoms with Gasteiger partial charge >= 0.3 is 0 Å². The van der Waals surface area contributed by atoms with Gasteiger partial charge in [-0.15, -0.1) is 10.2 Å². The van der Waals surface area contributed by atoms with Crippen molar-refractivity contribution < 1.29 is 0 Å². The van der Waals surface area contributed by atoms with Crippen LogP contribution in [0.4, 0.5) is 0 Å². The summed E-state index contributed by atoms with van der Waals surface area (Å²) in [5, 5.41) is 8.22. The molecule has 0 amide bonds. The van der Waals surface area contributed by atoms with Gasteiger partial charge in [-0.3, -0.25) is 0 Å². The Morgan fingerprint density at radius 2 is 1.88 bits per heavy atom. The third-order valence-corrected chi connectivity index (χ3v) is 5.36. The quantitative estimate of drug-likeness (QED) is 0.591. The van der Waals surface area contributed by atoms with E-state index in [2.05, 4.69) is 40.5 Å². The Labute approximate surface area is 114 Å². The van der Waals surface area contributed by atoms with Gasteiger partial charge in [-0.1, -0.05) is 65.2 Å². The molecule has 0 aliphatic heterocycles. The Morgan fingerprint density at radius 1 is 1.12 bits per heavy atom. The zero-order valence-electron chi connectivity index (χ0n) is 9.63.